The van der Waals surface area contributed by atoms with Gasteiger partial charge in [-0.3, -0.25) is 4.79 Å². The average Bonchev–Trinajstić information content (AvgIpc) is 2.52. The molecule has 122 valence electrons. The molecule has 0 radical (unpaired) electrons. The molecule has 1 amide bonds. The summed E-state index contributed by atoms with van der Waals surface area (Å²) >= 11 is 5.00. The first-order valence-corrected chi connectivity index (χ1v) is 9.92. The first kappa shape index (κ1) is 17.8. The number of carbonyl (C=O) groups excluding carboxylic acids is 1. The molecular weight excluding hydrogens is 360 g/mol. The number of halogens is 1. The van der Waals surface area contributed by atoms with Crippen molar-refractivity contribution in [2.75, 3.05) is 25.4 Å². The van der Waals surface area contributed by atoms with Crippen molar-refractivity contribution in [3.8, 4) is 0 Å². The van der Waals surface area contributed by atoms with Gasteiger partial charge in [0.15, 0.2) is 0 Å². The van der Waals surface area contributed by atoms with Gasteiger partial charge in [-0.25, -0.2) is 0 Å². The second-order valence-electron chi connectivity index (χ2n) is 6.00. The van der Waals surface area contributed by atoms with E-state index >= 15 is 0 Å². The molecule has 1 aromatic carbocycles. The predicted octanol–water partition coefficient (Wildman–Crippen LogP) is 2.50. The van der Waals surface area contributed by atoms with Gasteiger partial charge in [-0.15, -0.1) is 11.8 Å². The zero-order valence-electron chi connectivity index (χ0n) is 13.2. The second kappa shape index (κ2) is 9.58. The molecule has 0 aliphatic carbocycles. The van der Waals surface area contributed by atoms with Crippen molar-refractivity contribution in [1.82, 2.24) is 5.32 Å². The van der Waals surface area contributed by atoms with Crippen molar-refractivity contribution in [3.63, 3.8) is 0 Å². The molecule has 3 nitrogen and oxygen atoms in total. The standard InChI is InChI=1S/C17H25BrN2OS/c1-14-5-2-3-11-20(14)12-4-10-19-17(21)13-22-16-8-6-15(18)7-9-16/h6-9,14H,2-5,10-13H2,1H3,(H,19,21)/p+1/t14-/m1/s1. The zero-order valence-corrected chi connectivity index (χ0v) is 15.6. The Labute approximate surface area is 146 Å². The number of carbonyl (C=O) groups is 1. The highest BCUT2D eigenvalue weighted by Gasteiger charge is 2.20. The van der Waals surface area contributed by atoms with Gasteiger partial charge in [-0.1, -0.05) is 15.9 Å². The highest BCUT2D eigenvalue weighted by molar-refractivity contribution is 9.10. The van der Waals surface area contributed by atoms with Crippen molar-refractivity contribution < 1.29 is 9.69 Å². The fourth-order valence-electron chi connectivity index (χ4n) is 2.90. The minimum absolute atomic E-state index is 0.134. The van der Waals surface area contributed by atoms with Gasteiger partial charge in [0.05, 0.1) is 24.9 Å². The number of rotatable bonds is 7. The molecule has 1 aromatic rings. The zero-order chi connectivity index (χ0) is 15.8. The Morgan fingerprint density at radius 2 is 2.14 bits per heavy atom. The van der Waals surface area contributed by atoms with Crippen LogP contribution in [-0.2, 0) is 4.79 Å². The van der Waals surface area contributed by atoms with E-state index in [4.69, 9.17) is 0 Å². The van der Waals surface area contributed by atoms with Crippen LogP contribution < -0.4 is 10.2 Å². The average molecular weight is 386 g/mol. The summed E-state index contributed by atoms with van der Waals surface area (Å²) in [5.41, 5.74) is 0. The third kappa shape index (κ3) is 6.31. The van der Waals surface area contributed by atoms with E-state index in [0.29, 0.717) is 5.75 Å². The normalized spacial score (nSPS) is 21.5. The van der Waals surface area contributed by atoms with E-state index in [9.17, 15) is 4.79 Å². The molecule has 1 heterocycles. The van der Waals surface area contributed by atoms with E-state index in [2.05, 4.69) is 28.2 Å². The molecule has 1 saturated heterocycles. The number of likely N-dealkylation sites (tertiary alicyclic amines) is 1. The lowest BCUT2D eigenvalue weighted by Gasteiger charge is -2.30. The maximum atomic E-state index is 11.9. The molecule has 2 rings (SSSR count). The first-order valence-electron chi connectivity index (χ1n) is 8.15. The van der Waals surface area contributed by atoms with Crippen LogP contribution in [0.1, 0.15) is 32.6 Å². The fourth-order valence-corrected chi connectivity index (χ4v) is 3.89. The van der Waals surface area contributed by atoms with Crippen LogP contribution in [0.15, 0.2) is 33.6 Å². The third-order valence-electron chi connectivity index (χ3n) is 4.26. The summed E-state index contributed by atoms with van der Waals surface area (Å²) in [4.78, 5) is 14.7. The van der Waals surface area contributed by atoms with Crippen molar-refractivity contribution in [1.29, 1.82) is 0 Å². The van der Waals surface area contributed by atoms with Crippen LogP contribution >= 0.6 is 27.7 Å². The summed E-state index contributed by atoms with van der Waals surface area (Å²) in [5, 5.41) is 3.04. The van der Waals surface area contributed by atoms with E-state index < -0.39 is 0 Å². The molecule has 1 fully saturated rings. The lowest BCUT2D eigenvalue weighted by Crippen LogP contribution is -3.16. The van der Waals surface area contributed by atoms with Crippen LogP contribution in [0.25, 0.3) is 0 Å². The topological polar surface area (TPSA) is 33.5 Å². The molecule has 1 unspecified atom stereocenters. The number of amides is 1. The van der Waals surface area contributed by atoms with Crippen LogP contribution in [0, 0.1) is 0 Å². The Hall–Kier alpha value is -0.520. The van der Waals surface area contributed by atoms with Gasteiger partial charge in [0, 0.05) is 22.3 Å². The Balaban J connectivity index is 1.56. The largest absolute Gasteiger partial charge is 0.355 e. The van der Waals surface area contributed by atoms with Crippen LogP contribution in [0.4, 0.5) is 0 Å². The van der Waals surface area contributed by atoms with Crippen LogP contribution in [0.5, 0.6) is 0 Å². The van der Waals surface area contributed by atoms with Gasteiger partial charge < -0.3 is 10.2 Å². The number of thioether (sulfide) groups is 1. The van der Waals surface area contributed by atoms with Gasteiger partial charge in [0.1, 0.15) is 0 Å². The van der Waals surface area contributed by atoms with E-state index in [1.54, 1.807) is 16.7 Å². The summed E-state index contributed by atoms with van der Waals surface area (Å²) in [6.45, 7) is 5.63. The highest BCUT2D eigenvalue weighted by atomic mass is 79.9. The van der Waals surface area contributed by atoms with E-state index in [1.807, 2.05) is 24.3 Å². The van der Waals surface area contributed by atoms with Crippen LogP contribution in [0.3, 0.4) is 0 Å². The monoisotopic (exact) mass is 385 g/mol. The minimum Gasteiger partial charge on any atom is -0.355 e. The van der Waals surface area contributed by atoms with Crippen molar-refractivity contribution in [2.24, 2.45) is 0 Å². The van der Waals surface area contributed by atoms with Gasteiger partial charge in [0.2, 0.25) is 5.91 Å². The van der Waals surface area contributed by atoms with E-state index in [-0.39, 0.29) is 5.91 Å². The molecule has 0 spiro atoms. The lowest BCUT2D eigenvalue weighted by molar-refractivity contribution is -0.928. The Bertz CT molecular complexity index is 466. The minimum atomic E-state index is 0.134. The summed E-state index contributed by atoms with van der Waals surface area (Å²) in [7, 11) is 0. The maximum Gasteiger partial charge on any atom is 0.230 e. The van der Waals surface area contributed by atoms with Crippen LogP contribution in [0.2, 0.25) is 0 Å². The summed E-state index contributed by atoms with van der Waals surface area (Å²) < 4.78 is 1.07. The van der Waals surface area contributed by atoms with Crippen molar-refractivity contribution in [2.45, 2.75) is 43.5 Å². The predicted molar refractivity (Wildman–Crippen MR) is 96.5 cm³/mol. The number of piperidine rings is 1. The third-order valence-corrected chi connectivity index (χ3v) is 5.80. The Morgan fingerprint density at radius 3 is 2.86 bits per heavy atom. The first-order chi connectivity index (χ1) is 10.6. The van der Waals surface area contributed by atoms with Crippen molar-refractivity contribution in [3.05, 3.63) is 28.7 Å². The molecule has 0 saturated carbocycles. The fraction of sp³-hybridized carbons (Fsp3) is 0.588. The Morgan fingerprint density at radius 1 is 1.36 bits per heavy atom. The van der Waals surface area contributed by atoms with Gasteiger partial charge in [0.25, 0.3) is 0 Å². The van der Waals surface area contributed by atoms with Crippen LogP contribution in [-0.4, -0.2) is 37.3 Å². The molecule has 2 atom stereocenters. The smallest absolute Gasteiger partial charge is 0.230 e. The molecule has 1 aliphatic rings. The van der Waals surface area contributed by atoms with Gasteiger partial charge in [-0.2, -0.15) is 0 Å². The SMILES string of the molecule is C[C@@H]1CCCC[NH+]1CCCNC(=O)CSc1ccc(Br)cc1. The van der Waals surface area contributed by atoms with E-state index in [0.717, 1.165) is 28.4 Å². The van der Waals surface area contributed by atoms with Crippen molar-refractivity contribution >= 4 is 33.6 Å². The molecule has 0 bridgehead atoms. The molecule has 5 heteroatoms. The molecule has 1 aliphatic heterocycles. The molecular formula is C17H26BrN2OS+. The lowest BCUT2D eigenvalue weighted by atomic mass is 10.0. The summed E-state index contributed by atoms with van der Waals surface area (Å²) in [6.07, 6.45) is 5.17. The number of hydrogen-bond donors (Lipinski definition) is 2. The molecule has 0 aromatic heterocycles. The number of benzene rings is 1. The molecule has 2 N–H and O–H groups in total. The Kier molecular flexibility index (Phi) is 7.76. The highest BCUT2D eigenvalue weighted by Crippen LogP contribution is 2.20. The number of nitrogens with one attached hydrogen (secondary N) is 2. The number of quaternary nitrogens is 1. The maximum absolute atomic E-state index is 11.9. The van der Waals surface area contributed by atoms with E-state index in [1.165, 1.54) is 32.4 Å². The quantitative estimate of drug-likeness (QED) is 0.558. The number of hydrogen-bond acceptors (Lipinski definition) is 2. The summed E-state index contributed by atoms with van der Waals surface area (Å²) in [6, 6.07) is 8.86. The van der Waals surface area contributed by atoms with Gasteiger partial charge >= 0.3 is 0 Å². The second-order valence-corrected chi connectivity index (χ2v) is 7.97. The van der Waals surface area contributed by atoms with Gasteiger partial charge in [-0.05, 0) is 50.5 Å². The summed E-state index contributed by atoms with van der Waals surface area (Å²) in [5.74, 6) is 0.629. The molecule has 22 heavy (non-hydrogen) atoms.